The van der Waals surface area contributed by atoms with Gasteiger partial charge in [-0.1, -0.05) is 151 Å². The van der Waals surface area contributed by atoms with E-state index in [2.05, 4.69) is 147 Å². The monoisotopic (exact) mass is 1430 g/mol. The number of aliphatic hydroxyl groups is 4. The molecule has 2 aliphatic rings. The summed E-state index contributed by atoms with van der Waals surface area (Å²) in [5.74, 6) is 1.95. The van der Waals surface area contributed by atoms with Gasteiger partial charge in [-0.05, 0) is 104 Å². The van der Waals surface area contributed by atoms with E-state index in [-0.39, 0.29) is 25.0 Å². The van der Waals surface area contributed by atoms with Crippen LogP contribution in [0.3, 0.4) is 0 Å². The van der Waals surface area contributed by atoms with Gasteiger partial charge in [0.05, 0.1) is 58.4 Å². The number of fused-ring (bicyclic) bond motifs is 2. The van der Waals surface area contributed by atoms with Gasteiger partial charge in [0.25, 0.3) is 0 Å². The Balaban J connectivity index is 0.000000223. The molecule has 6 heterocycles. The summed E-state index contributed by atoms with van der Waals surface area (Å²) in [4.78, 5) is 24.3. The van der Waals surface area contributed by atoms with E-state index in [0.29, 0.717) is 91.9 Å². The second-order valence-electron chi connectivity index (χ2n) is 31.1. The fourth-order valence-electron chi connectivity index (χ4n) is 11.7. The van der Waals surface area contributed by atoms with Crippen LogP contribution in [0.2, 0.25) is 103 Å². The van der Waals surface area contributed by atoms with E-state index in [4.69, 9.17) is 49.1 Å². The number of anilines is 2. The normalized spacial score (nSPS) is 18.9. The van der Waals surface area contributed by atoms with Crippen molar-refractivity contribution in [3.63, 3.8) is 0 Å². The molecular formula is C72H105BrN10O8Si4. The minimum absolute atomic E-state index is 0.0961. The third kappa shape index (κ3) is 20.8. The van der Waals surface area contributed by atoms with Crippen molar-refractivity contribution < 1.29 is 39.4 Å². The maximum Gasteiger partial charge on any atom is 0.165 e. The summed E-state index contributed by atoms with van der Waals surface area (Å²) in [6, 6.07) is 35.0. The molecule has 0 radical (unpaired) electrons. The molecule has 10 rings (SSSR count). The Morgan fingerprint density at radius 3 is 1.26 bits per heavy atom. The highest BCUT2D eigenvalue weighted by atomic mass is 79.9. The van der Waals surface area contributed by atoms with Gasteiger partial charge in [0.15, 0.2) is 17.1 Å². The van der Waals surface area contributed by atoms with Crippen LogP contribution in [-0.2, 0) is 18.9 Å². The Morgan fingerprint density at radius 2 is 0.874 bits per heavy atom. The number of nitrogens with zero attached hydrogens (tertiary/aromatic N) is 10. The zero-order valence-corrected chi connectivity index (χ0v) is 64.0. The molecule has 0 atom stereocenters. The number of benzene rings is 2. The standard InChI is InChI=1S/C36H52BrN5O4Si2.C36H53N5O4Si2/c1-47(2,3)20-18-45-25-41(26-46-19-21-48(4,5)6)35-32(37)33(28-14-16-36(44,24-43)17-15-28)40-34-30(23-39-42(34)35)29-12-13-31(38-22-29)27-10-8-7-9-11-27;1-46(2,3)20-18-44-26-40(27-45-19-21-47(4,5)6)34-22-33(29-14-16-36(43,25-42)17-15-29)39-35-31(24-38-41(34)35)30-12-13-32(37-23-30)28-10-8-7-9-11-28/h7-13,22-23,28,43-44H,14-21,24-26H2,1-6H3;7-13,22-24,29,42-43H,14-21,25-27H2,1-6H3. The summed E-state index contributed by atoms with van der Waals surface area (Å²) in [7, 11) is -5.05. The second-order valence-corrected chi connectivity index (χ2v) is 54.4. The number of rotatable bonds is 30. The van der Waals surface area contributed by atoms with Crippen molar-refractivity contribution in [1.82, 2.24) is 39.2 Å². The van der Waals surface area contributed by atoms with Crippen LogP contribution >= 0.6 is 15.9 Å². The average molecular weight is 1430 g/mol. The summed E-state index contributed by atoms with van der Waals surface area (Å²) in [6.45, 7) is 32.1. The minimum Gasteiger partial charge on any atom is -0.393 e. The van der Waals surface area contributed by atoms with E-state index in [9.17, 15) is 20.4 Å². The summed E-state index contributed by atoms with van der Waals surface area (Å²) < 4.78 is 29.9. The third-order valence-corrected chi connectivity index (χ3v) is 25.8. The van der Waals surface area contributed by atoms with Crippen LogP contribution in [0.5, 0.6) is 0 Å². The Kier molecular flexibility index (Phi) is 25.3. The molecule has 4 N–H and O–H groups in total. The number of aliphatic hydroxyl groups excluding tert-OH is 2. The van der Waals surface area contributed by atoms with Crippen molar-refractivity contribution in [2.45, 2.75) is 177 Å². The predicted molar refractivity (Wildman–Crippen MR) is 398 cm³/mol. The molecule has 2 fully saturated rings. The maximum atomic E-state index is 10.8. The molecule has 0 spiro atoms. The quantitative estimate of drug-likeness (QED) is 0.0187. The van der Waals surface area contributed by atoms with Crippen molar-refractivity contribution in [3.8, 4) is 44.8 Å². The Hall–Kier alpha value is -5.39. The van der Waals surface area contributed by atoms with E-state index in [1.54, 1.807) is 0 Å². The first-order valence-electron chi connectivity index (χ1n) is 34.1. The summed E-state index contributed by atoms with van der Waals surface area (Å²) >= 11 is 3.98. The van der Waals surface area contributed by atoms with E-state index >= 15 is 0 Å². The van der Waals surface area contributed by atoms with Crippen LogP contribution in [0.25, 0.3) is 56.1 Å². The van der Waals surface area contributed by atoms with Crippen molar-refractivity contribution in [2.75, 3.05) is 76.4 Å². The van der Waals surface area contributed by atoms with Gasteiger partial charge >= 0.3 is 0 Å². The number of aromatic nitrogens is 8. The van der Waals surface area contributed by atoms with Crippen LogP contribution < -0.4 is 9.80 Å². The first-order chi connectivity index (χ1) is 45.1. The summed E-state index contributed by atoms with van der Waals surface area (Å²) in [6.07, 6.45) is 12.6. The highest BCUT2D eigenvalue weighted by Crippen LogP contribution is 2.44. The molecule has 0 bridgehead atoms. The molecule has 23 heteroatoms. The molecule has 95 heavy (non-hydrogen) atoms. The smallest absolute Gasteiger partial charge is 0.165 e. The lowest BCUT2D eigenvalue weighted by molar-refractivity contribution is -0.0459. The predicted octanol–water partition coefficient (Wildman–Crippen LogP) is 15.3. The van der Waals surface area contributed by atoms with Gasteiger partial charge in [0, 0.05) is 128 Å². The van der Waals surface area contributed by atoms with Crippen molar-refractivity contribution in [1.29, 1.82) is 0 Å². The van der Waals surface area contributed by atoms with Gasteiger partial charge in [-0.15, -0.1) is 0 Å². The molecule has 0 aliphatic heterocycles. The van der Waals surface area contributed by atoms with E-state index in [1.807, 2.05) is 82.3 Å². The van der Waals surface area contributed by atoms with Crippen molar-refractivity contribution in [3.05, 3.63) is 132 Å². The number of ether oxygens (including phenoxy) is 4. The topological polar surface area (TPSA) is 210 Å². The molecule has 514 valence electrons. The lowest BCUT2D eigenvalue weighted by Gasteiger charge is -2.35. The Morgan fingerprint density at radius 1 is 0.484 bits per heavy atom. The molecular weight excluding hydrogens is 1330 g/mol. The number of hydrogen-bond donors (Lipinski definition) is 4. The van der Waals surface area contributed by atoms with Gasteiger partial charge in [-0.2, -0.15) is 19.2 Å². The van der Waals surface area contributed by atoms with Crippen molar-refractivity contribution in [2.24, 2.45) is 0 Å². The highest BCUT2D eigenvalue weighted by molar-refractivity contribution is 9.10. The van der Waals surface area contributed by atoms with Crippen LogP contribution in [-0.4, -0.2) is 170 Å². The van der Waals surface area contributed by atoms with Gasteiger partial charge in [0.2, 0.25) is 0 Å². The van der Waals surface area contributed by atoms with Crippen LogP contribution in [0.1, 0.15) is 74.6 Å². The first kappa shape index (κ1) is 73.8. The van der Waals surface area contributed by atoms with E-state index in [0.717, 1.165) is 121 Å². The fourth-order valence-corrected chi connectivity index (χ4v) is 15.6. The number of hydrogen-bond acceptors (Lipinski definition) is 16. The zero-order chi connectivity index (χ0) is 68.2. The SMILES string of the molecule is C[Si](C)(C)CCOCN(COCC[Si](C)(C)C)c1c(Br)c(C2CCC(O)(CO)CC2)nc2c(-c3ccc(-c4ccccc4)nc3)cnn12.C[Si](C)(C)CCOCN(COCC[Si](C)(C)C)c1cc(C2CCC(O)(CO)CC2)nc2c(-c3ccc(-c4ccccc4)nc3)cnn12. The van der Waals surface area contributed by atoms with Crippen LogP contribution in [0.4, 0.5) is 11.6 Å². The summed E-state index contributed by atoms with van der Waals surface area (Å²) in [5.41, 5.74) is 8.92. The zero-order valence-electron chi connectivity index (χ0n) is 58.5. The Labute approximate surface area is 576 Å². The van der Waals surface area contributed by atoms with Gasteiger partial charge in [0.1, 0.15) is 32.7 Å². The van der Waals surface area contributed by atoms with Crippen molar-refractivity contribution >= 4 is 71.2 Å². The van der Waals surface area contributed by atoms with Crippen LogP contribution in [0, 0.1) is 0 Å². The lowest BCUT2D eigenvalue weighted by Crippen LogP contribution is -2.37. The third-order valence-electron chi connectivity index (χ3n) is 18.2. The molecule has 0 amide bonds. The molecule has 2 aliphatic carbocycles. The van der Waals surface area contributed by atoms with Gasteiger partial charge in [-0.25, -0.2) is 9.97 Å². The minimum atomic E-state index is -1.27. The van der Waals surface area contributed by atoms with Gasteiger partial charge < -0.3 is 49.2 Å². The largest absolute Gasteiger partial charge is 0.393 e. The number of halogens is 1. The molecule has 0 unspecified atom stereocenters. The molecule has 2 saturated carbocycles. The van der Waals surface area contributed by atoms with Gasteiger partial charge in [-0.3, -0.25) is 9.97 Å². The van der Waals surface area contributed by atoms with E-state index in [1.165, 1.54) is 0 Å². The first-order valence-corrected chi connectivity index (χ1v) is 49.7. The van der Waals surface area contributed by atoms with Crippen LogP contribution in [0.15, 0.2) is 120 Å². The maximum absolute atomic E-state index is 10.8. The average Bonchev–Trinajstić information content (AvgIpc) is 1.68. The molecule has 6 aromatic heterocycles. The molecule has 0 saturated heterocycles. The lowest BCUT2D eigenvalue weighted by atomic mass is 9.78. The molecule has 2 aromatic carbocycles. The highest BCUT2D eigenvalue weighted by Gasteiger charge is 2.37. The Bertz CT molecular complexity index is 3650. The fraction of sp³-hybridized carbons (Fsp3) is 0.528. The second kappa shape index (κ2) is 32.5. The van der Waals surface area contributed by atoms with E-state index < -0.39 is 43.5 Å². The number of pyridine rings is 2. The molecule has 18 nitrogen and oxygen atoms in total. The molecule has 8 aromatic rings. The summed E-state index contributed by atoms with van der Waals surface area (Å²) in [5, 5.41) is 50.9.